The van der Waals surface area contributed by atoms with Gasteiger partial charge in [-0.3, -0.25) is 4.79 Å². The predicted octanol–water partition coefficient (Wildman–Crippen LogP) is 3.62. The highest BCUT2D eigenvalue weighted by molar-refractivity contribution is 8.01. The Kier molecular flexibility index (Phi) is 2.54. The van der Waals surface area contributed by atoms with Crippen molar-refractivity contribution in [3.63, 3.8) is 0 Å². The molecule has 0 spiro atoms. The molecule has 21 heavy (non-hydrogen) atoms. The van der Waals surface area contributed by atoms with Crippen molar-refractivity contribution in [1.29, 1.82) is 0 Å². The highest BCUT2D eigenvalue weighted by Gasteiger charge is 2.54. The van der Waals surface area contributed by atoms with Gasteiger partial charge < -0.3 is 4.90 Å². The van der Waals surface area contributed by atoms with E-state index in [2.05, 4.69) is 0 Å². The standard InChI is InChI=1S/C17H14N2OS/c1-19-14-10-6-3-7-11(14)15(20)17(21-2)12-8-4-5-9-13(12)18-16(17)19/h3-10H,1-2H3. The molecule has 0 aliphatic carbocycles. The Bertz CT molecular complexity index is 799. The number of thioether (sulfide) groups is 1. The van der Waals surface area contributed by atoms with Gasteiger partial charge in [0.2, 0.25) is 0 Å². The van der Waals surface area contributed by atoms with Crippen molar-refractivity contribution in [2.24, 2.45) is 4.99 Å². The molecular formula is C17H14N2OS. The molecule has 0 aromatic heterocycles. The molecule has 1 unspecified atom stereocenters. The number of nitrogens with zero attached hydrogens (tertiary/aromatic N) is 2. The molecule has 0 N–H and O–H groups in total. The smallest absolute Gasteiger partial charge is 0.193 e. The summed E-state index contributed by atoms with van der Waals surface area (Å²) in [5, 5.41) is 0. The molecule has 0 amide bonds. The van der Waals surface area contributed by atoms with Crippen molar-refractivity contribution >= 4 is 34.8 Å². The van der Waals surface area contributed by atoms with Crippen LogP contribution in [0.2, 0.25) is 0 Å². The number of amidine groups is 1. The lowest BCUT2D eigenvalue weighted by Gasteiger charge is -2.39. The topological polar surface area (TPSA) is 32.7 Å². The summed E-state index contributed by atoms with van der Waals surface area (Å²) in [5.41, 5.74) is 3.59. The number of fused-ring (bicyclic) bond motifs is 4. The Balaban J connectivity index is 2.07. The Hall–Kier alpha value is -2.07. The third-order valence-corrected chi connectivity index (χ3v) is 5.48. The number of likely N-dealkylation sites (N-methyl/N-ethyl adjacent to an activating group) is 1. The average Bonchev–Trinajstić information content (AvgIpc) is 2.88. The minimum absolute atomic E-state index is 0.132. The third kappa shape index (κ3) is 1.40. The SMILES string of the molecule is CSC12C(=O)c3ccccc3N(C)C1=Nc1ccccc12. The number of para-hydroxylation sites is 2. The highest BCUT2D eigenvalue weighted by atomic mass is 32.2. The zero-order valence-electron chi connectivity index (χ0n) is 11.8. The molecule has 2 heterocycles. The van der Waals surface area contributed by atoms with Crippen LogP contribution in [0.15, 0.2) is 53.5 Å². The van der Waals surface area contributed by atoms with Crippen molar-refractivity contribution in [1.82, 2.24) is 0 Å². The largest absolute Gasteiger partial charge is 0.330 e. The van der Waals surface area contributed by atoms with Crippen LogP contribution in [0.3, 0.4) is 0 Å². The minimum Gasteiger partial charge on any atom is -0.330 e. The number of ketones is 1. The summed E-state index contributed by atoms with van der Waals surface area (Å²) in [6.07, 6.45) is 1.98. The first-order valence-electron chi connectivity index (χ1n) is 6.81. The van der Waals surface area contributed by atoms with E-state index in [0.717, 1.165) is 28.3 Å². The monoisotopic (exact) mass is 294 g/mol. The quantitative estimate of drug-likeness (QED) is 0.805. The summed E-state index contributed by atoms with van der Waals surface area (Å²) in [5.74, 6) is 0.951. The summed E-state index contributed by atoms with van der Waals surface area (Å²) in [7, 11) is 1.99. The average molecular weight is 294 g/mol. The van der Waals surface area contributed by atoms with Gasteiger partial charge in [-0.05, 0) is 24.5 Å². The third-order valence-electron chi connectivity index (χ3n) is 4.28. The van der Waals surface area contributed by atoms with Crippen LogP contribution in [-0.4, -0.2) is 24.9 Å². The fraction of sp³-hybridized carbons (Fsp3) is 0.176. The van der Waals surface area contributed by atoms with E-state index in [-0.39, 0.29) is 5.78 Å². The molecule has 0 saturated heterocycles. The summed E-state index contributed by atoms with van der Waals surface area (Å²) in [4.78, 5) is 20.0. The predicted molar refractivity (Wildman–Crippen MR) is 87.9 cm³/mol. The van der Waals surface area contributed by atoms with E-state index in [1.54, 1.807) is 11.8 Å². The van der Waals surface area contributed by atoms with Gasteiger partial charge in [-0.15, -0.1) is 11.8 Å². The van der Waals surface area contributed by atoms with Crippen LogP contribution in [0.5, 0.6) is 0 Å². The van der Waals surface area contributed by atoms with E-state index in [0.29, 0.717) is 0 Å². The first-order valence-corrected chi connectivity index (χ1v) is 8.04. The van der Waals surface area contributed by atoms with E-state index in [4.69, 9.17) is 4.99 Å². The Labute approximate surface area is 127 Å². The van der Waals surface area contributed by atoms with Gasteiger partial charge in [0.1, 0.15) is 5.84 Å². The van der Waals surface area contributed by atoms with Crippen LogP contribution >= 0.6 is 11.8 Å². The molecule has 2 aromatic carbocycles. The number of rotatable bonds is 1. The van der Waals surface area contributed by atoms with Crippen molar-refractivity contribution in [2.45, 2.75) is 4.75 Å². The number of hydrogen-bond acceptors (Lipinski definition) is 4. The lowest BCUT2D eigenvalue weighted by molar-refractivity contribution is 0.0968. The lowest BCUT2D eigenvalue weighted by atomic mass is 9.85. The molecule has 0 fully saturated rings. The molecule has 2 aromatic rings. The first kappa shape index (κ1) is 12.7. The van der Waals surface area contributed by atoms with Crippen molar-refractivity contribution < 1.29 is 4.79 Å². The maximum atomic E-state index is 13.2. The van der Waals surface area contributed by atoms with Crippen LogP contribution in [0.1, 0.15) is 15.9 Å². The van der Waals surface area contributed by atoms with Gasteiger partial charge in [0, 0.05) is 18.2 Å². The Morgan fingerprint density at radius 2 is 1.81 bits per heavy atom. The number of aliphatic imine (C=N–C) groups is 1. The number of hydrogen-bond donors (Lipinski definition) is 0. The van der Waals surface area contributed by atoms with Crippen LogP contribution in [-0.2, 0) is 4.75 Å². The van der Waals surface area contributed by atoms with Gasteiger partial charge in [-0.25, -0.2) is 4.99 Å². The van der Waals surface area contributed by atoms with Crippen molar-refractivity contribution in [2.75, 3.05) is 18.2 Å². The molecule has 1 atom stereocenters. The van der Waals surface area contributed by atoms with E-state index < -0.39 is 4.75 Å². The second-order valence-corrected chi connectivity index (χ2v) is 6.26. The second-order valence-electron chi connectivity index (χ2n) is 5.24. The number of carbonyl (C=O) groups is 1. The lowest BCUT2D eigenvalue weighted by Crippen LogP contribution is -2.50. The molecule has 4 heteroatoms. The number of carbonyl (C=O) groups excluding carboxylic acids is 1. The number of Topliss-reactive ketones (excluding diaryl/α,β-unsaturated/α-hetero) is 1. The normalized spacial score (nSPS) is 22.5. The van der Waals surface area contributed by atoms with E-state index in [1.807, 2.05) is 66.7 Å². The molecular weight excluding hydrogens is 280 g/mol. The highest BCUT2D eigenvalue weighted by Crippen LogP contribution is 2.52. The van der Waals surface area contributed by atoms with Gasteiger partial charge >= 0.3 is 0 Å². The molecule has 2 aliphatic heterocycles. The molecule has 0 saturated carbocycles. The summed E-state index contributed by atoms with van der Waals surface area (Å²) in [6, 6.07) is 15.7. The van der Waals surface area contributed by atoms with Gasteiger partial charge in [-0.1, -0.05) is 30.3 Å². The van der Waals surface area contributed by atoms with Crippen molar-refractivity contribution in [3.8, 4) is 0 Å². The first-order chi connectivity index (χ1) is 10.2. The van der Waals surface area contributed by atoms with E-state index >= 15 is 0 Å². The molecule has 0 bridgehead atoms. The van der Waals surface area contributed by atoms with Gasteiger partial charge in [0.05, 0.1) is 11.4 Å². The molecule has 3 nitrogen and oxygen atoms in total. The summed E-state index contributed by atoms with van der Waals surface area (Å²) < 4.78 is -0.709. The van der Waals surface area contributed by atoms with Crippen LogP contribution in [0.25, 0.3) is 0 Å². The van der Waals surface area contributed by atoms with Crippen molar-refractivity contribution in [3.05, 3.63) is 59.7 Å². The minimum atomic E-state index is -0.709. The van der Waals surface area contributed by atoms with Gasteiger partial charge in [0.25, 0.3) is 0 Å². The molecule has 4 rings (SSSR count). The number of benzene rings is 2. The molecule has 0 radical (unpaired) electrons. The zero-order valence-corrected chi connectivity index (χ0v) is 12.6. The van der Waals surface area contributed by atoms with E-state index in [1.165, 1.54) is 0 Å². The molecule has 104 valence electrons. The van der Waals surface area contributed by atoms with E-state index in [9.17, 15) is 4.79 Å². The zero-order chi connectivity index (χ0) is 14.6. The summed E-state index contributed by atoms with van der Waals surface area (Å²) in [6.45, 7) is 0. The van der Waals surface area contributed by atoms with Crippen LogP contribution in [0.4, 0.5) is 11.4 Å². The maximum absolute atomic E-state index is 13.2. The van der Waals surface area contributed by atoms with Gasteiger partial charge in [0.15, 0.2) is 10.5 Å². The molecule has 2 aliphatic rings. The maximum Gasteiger partial charge on any atom is 0.193 e. The van der Waals surface area contributed by atoms with Crippen LogP contribution < -0.4 is 4.90 Å². The Morgan fingerprint density at radius 3 is 2.62 bits per heavy atom. The fourth-order valence-corrected chi connectivity index (χ4v) is 4.33. The fourth-order valence-electron chi connectivity index (χ4n) is 3.27. The number of anilines is 1. The summed E-state index contributed by atoms with van der Waals surface area (Å²) >= 11 is 1.56. The Morgan fingerprint density at radius 1 is 1.10 bits per heavy atom. The van der Waals surface area contributed by atoms with Crippen LogP contribution in [0, 0.1) is 0 Å². The van der Waals surface area contributed by atoms with Gasteiger partial charge in [-0.2, -0.15) is 0 Å². The second kappa shape index (κ2) is 4.21.